The van der Waals surface area contributed by atoms with Crippen molar-refractivity contribution in [1.82, 2.24) is 14.8 Å². The number of nitrogens with two attached hydrogens (primary N) is 1. The van der Waals surface area contributed by atoms with Crippen LogP contribution in [0.4, 0.5) is 18.9 Å². The van der Waals surface area contributed by atoms with Gasteiger partial charge in [0, 0.05) is 25.1 Å². The highest BCUT2D eigenvalue weighted by atomic mass is 35.5. The smallest absolute Gasteiger partial charge is 0.370 e. The van der Waals surface area contributed by atoms with E-state index in [9.17, 15) is 22.8 Å². The zero-order valence-corrected chi connectivity index (χ0v) is 18.7. The van der Waals surface area contributed by atoms with Crippen LogP contribution in [0, 0.1) is 5.92 Å². The number of carbonyl (C=O) groups excluding carboxylic acids is 2. The molecule has 0 aliphatic heterocycles. The van der Waals surface area contributed by atoms with E-state index in [0.717, 1.165) is 23.9 Å². The van der Waals surface area contributed by atoms with E-state index in [1.165, 1.54) is 6.07 Å². The van der Waals surface area contributed by atoms with E-state index in [2.05, 4.69) is 15.5 Å². The van der Waals surface area contributed by atoms with E-state index in [0.29, 0.717) is 23.9 Å². The van der Waals surface area contributed by atoms with Gasteiger partial charge in [-0.3, -0.25) is 9.59 Å². The highest BCUT2D eigenvalue weighted by Gasteiger charge is 2.33. The predicted molar refractivity (Wildman–Crippen MR) is 113 cm³/mol. The molecule has 1 unspecified atom stereocenters. The summed E-state index contributed by atoms with van der Waals surface area (Å²) in [7, 11) is 0. The van der Waals surface area contributed by atoms with Gasteiger partial charge in [-0.2, -0.15) is 13.2 Å². The summed E-state index contributed by atoms with van der Waals surface area (Å²) in [5.41, 5.74) is 4.17. The minimum absolute atomic E-state index is 0.0139. The van der Waals surface area contributed by atoms with Crippen molar-refractivity contribution in [3.63, 3.8) is 0 Å². The van der Waals surface area contributed by atoms with Gasteiger partial charge in [-0.05, 0) is 31.0 Å². The van der Waals surface area contributed by atoms with E-state index < -0.39 is 33.8 Å². The van der Waals surface area contributed by atoms with Gasteiger partial charge in [0.05, 0.1) is 15.8 Å². The molecule has 2 amide bonds. The number of amides is 2. The fourth-order valence-electron chi connectivity index (χ4n) is 2.65. The second kappa shape index (κ2) is 10.4. The third-order valence-corrected chi connectivity index (χ3v) is 5.54. The molecule has 3 N–H and O–H groups in total. The third kappa shape index (κ3) is 7.13. The number of thioether (sulfide) groups is 1. The van der Waals surface area contributed by atoms with Crippen molar-refractivity contribution >= 4 is 40.9 Å². The first-order chi connectivity index (χ1) is 14.4. The minimum atomic E-state index is -4.63. The number of hydrogen-bond acceptors (Lipinski definition) is 5. The monoisotopic (exact) mass is 477 g/mol. The molecule has 0 bridgehead atoms. The van der Waals surface area contributed by atoms with Gasteiger partial charge in [-0.25, -0.2) is 0 Å². The molecular weight excluding hydrogens is 455 g/mol. The number of benzene rings is 1. The maximum Gasteiger partial charge on any atom is 0.417 e. The number of aryl methyl sites for hydroxylation is 1. The van der Waals surface area contributed by atoms with E-state index in [4.69, 9.17) is 17.3 Å². The number of nitrogens with zero attached hydrogens (tertiary/aromatic N) is 3. The molecule has 0 spiro atoms. The van der Waals surface area contributed by atoms with Crippen molar-refractivity contribution < 1.29 is 22.8 Å². The lowest BCUT2D eigenvalue weighted by Crippen LogP contribution is -2.23. The summed E-state index contributed by atoms with van der Waals surface area (Å²) in [5.74, 6) is -0.128. The summed E-state index contributed by atoms with van der Waals surface area (Å²) >= 11 is 6.73. The average molecular weight is 478 g/mol. The molecule has 31 heavy (non-hydrogen) atoms. The molecule has 0 radical (unpaired) electrons. The molecule has 1 aromatic heterocycles. The van der Waals surface area contributed by atoms with Gasteiger partial charge in [-0.15, -0.1) is 10.2 Å². The van der Waals surface area contributed by atoms with Crippen molar-refractivity contribution in [2.24, 2.45) is 11.7 Å². The van der Waals surface area contributed by atoms with Gasteiger partial charge < -0.3 is 15.6 Å². The van der Waals surface area contributed by atoms with E-state index in [-0.39, 0.29) is 18.0 Å². The molecule has 1 atom stereocenters. The van der Waals surface area contributed by atoms with Gasteiger partial charge in [-0.1, -0.05) is 37.2 Å². The third-order valence-electron chi connectivity index (χ3n) is 4.13. The highest BCUT2D eigenvalue weighted by molar-refractivity contribution is 8.00. The Morgan fingerprint density at radius 1 is 1.26 bits per heavy atom. The normalized spacial score (nSPS) is 12.8. The van der Waals surface area contributed by atoms with Crippen LogP contribution in [0.3, 0.4) is 0 Å². The number of nitrogens with one attached hydrogen (secondary N) is 1. The maximum atomic E-state index is 13.0. The maximum absolute atomic E-state index is 13.0. The van der Waals surface area contributed by atoms with Crippen molar-refractivity contribution in [3.8, 4) is 0 Å². The molecule has 0 aliphatic rings. The number of hydrogen-bond donors (Lipinski definition) is 2. The van der Waals surface area contributed by atoms with Gasteiger partial charge >= 0.3 is 6.18 Å². The van der Waals surface area contributed by atoms with Gasteiger partial charge in [0.15, 0.2) is 5.16 Å². The zero-order valence-electron chi connectivity index (χ0n) is 17.2. The Morgan fingerprint density at radius 2 is 1.94 bits per heavy atom. The topological polar surface area (TPSA) is 103 Å². The number of alkyl halides is 3. The molecule has 1 heterocycles. The summed E-state index contributed by atoms with van der Waals surface area (Å²) in [5, 5.41) is 10.0. The number of aromatic nitrogens is 3. The molecule has 1 aromatic carbocycles. The summed E-state index contributed by atoms with van der Waals surface area (Å²) < 4.78 is 40.9. The van der Waals surface area contributed by atoms with Crippen LogP contribution in [-0.2, 0) is 28.7 Å². The lowest BCUT2D eigenvalue weighted by Gasteiger charge is -2.16. The second-order valence-corrected chi connectivity index (χ2v) is 9.03. The highest BCUT2D eigenvalue weighted by Crippen LogP contribution is 2.36. The SMILES string of the molecule is CC(C)Cn1c(CCC(N)=O)nnc1SC(C)C(=O)Nc1ccc(Cl)c(C(F)(F)F)c1. The first-order valence-electron chi connectivity index (χ1n) is 9.43. The van der Waals surface area contributed by atoms with Gasteiger partial charge in [0.2, 0.25) is 11.8 Å². The zero-order chi connectivity index (χ0) is 23.3. The Labute approximate surface area is 186 Å². The van der Waals surface area contributed by atoms with Crippen molar-refractivity contribution in [2.45, 2.75) is 56.7 Å². The minimum Gasteiger partial charge on any atom is -0.370 e. The number of halogens is 4. The Hall–Kier alpha value is -2.27. The molecule has 12 heteroatoms. The first kappa shape index (κ1) is 25.0. The molecule has 7 nitrogen and oxygen atoms in total. The van der Waals surface area contributed by atoms with Crippen LogP contribution in [0.25, 0.3) is 0 Å². The molecule has 2 rings (SSSR count). The van der Waals surface area contributed by atoms with Gasteiger partial charge in [0.25, 0.3) is 0 Å². The second-order valence-electron chi connectivity index (χ2n) is 7.31. The molecule has 0 aliphatic carbocycles. The van der Waals surface area contributed by atoms with Crippen LogP contribution in [0.1, 0.15) is 38.6 Å². The first-order valence-corrected chi connectivity index (χ1v) is 10.7. The van der Waals surface area contributed by atoms with E-state index in [1.54, 1.807) is 6.92 Å². The Bertz CT molecular complexity index is 949. The molecule has 2 aromatic rings. The quantitative estimate of drug-likeness (QED) is 0.528. The number of carbonyl (C=O) groups is 2. The van der Waals surface area contributed by atoms with Crippen LogP contribution in [0.15, 0.2) is 23.4 Å². The Balaban J connectivity index is 2.15. The molecule has 0 saturated heterocycles. The van der Waals surface area contributed by atoms with Crippen molar-refractivity contribution in [2.75, 3.05) is 5.32 Å². The average Bonchev–Trinajstić information content (AvgIpc) is 3.01. The van der Waals surface area contributed by atoms with E-state index >= 15 is 0 Å². The summed E-state index contributed by atoms with van der Waals surface area (Å²) in [6.07, 6.45) is -4.19. The molecule has 0 fully saturated rings. The number of rotatable bonds is 9. The van der Waals surface area contributed by atoms with Crippen LogP contribution in [0.5, 0.6) is 0 Å². The molecule has 0 saturated carbocycles. The largest absolute Gasteiger partial charge is 0.417 e. The molecule has 170 valence electrons. The van der Waals surface area contributed by atoms with E-state index in [1.807, 2.05) is 18.4 Å². The van der Waals surface area contributed by atoms with Crippen LogP contribution >= 0.6 is 23.4 Å². The summed E-state index contributed by atoms with van der Waals surface area (Å²) in [6, 6.07) is 3.18. The Kier molecular flexibility index (Phi) is 8.35. The van der Waals surface area contributed by atoms with Crippen LogP contribution < -0.4 is 11.1 Å². The number of primary amides is 1. The fraction of sp³-hybridized carbons (Fsp3) is 0.474. The summed E-state index contributed by atoms with van der Waals surface area (Å²) in [6.45, 7) is 6.18. The lowest BCUT2D eigenvalue weighted by molar-refractivity contribution is -0.137. The summed E-state index contributed by atoms with van der Waals surface area (Å²) in [4.78, 5) is 23.6. The predicted octanol–water partition coefficient (Wildman–Crippen LogP) is 4.14. The van der Waals surface area contributed by atoms with Crippen molar-refractivity contribution in [3.05, 3.63) is 34.6 Å². The standard InChI is InChI=1S/C19H23ClF3N5O2S/c1-10(2)9-28-16(7-6-15(24)29)26-27-18(28)31-11(3)17(30)25-12-4-5-14(20)13(8-12)19(21,22)23/h4-5,8,10-11H,6-7,9H2,1-3H3,(H2,24,29)(H,25,30). The van der Waals surface area contributed by atoms with Gasteiger partial charge in [0.1, 0.15) is 5.82 Å². The van der Waals surface area contributed by atoms with Crippen LogP contribution in [0.2, 0.25) is 5.02 Å². The number of anilines is 1. The van der Waals surface area contributed by atoms with Crippen molar-refractivity contribution in [1.29, 1.82) is 0 Å². The van der Waals surface area contributed by atoms with Crippen LogP contribution in [-0.4, -0.2) is 31.8 Å². The molecular formula is C19H23ClF3N5O2S. The Morgan fingerprint density at radius 3 is 2.52 bits per heavy atom. The fourth-order valence-corrected chi connectivity index (χ4v) is 3.75. The lowest BCUT2D eigenvalue weighted by atomic mass is 10.2.